The van der Waals surface area contributed by atoms with Gasteiger partial charge in [0.05, 0.1) is 0 Å². The lowest BCUT2D eigenvalue weighted by atomic mass is 10.3. The summed E-state index contributed by atoms with van der Waals surface area (Å²) in [5, 5.41) is 3.05. The van der Waals surface area contributed by atoms with E-state index in [0.29, 0.717) is 0 Å². The normalized spacial score (nSPS) is 6.64. The van der Waals surface area contributed by atoms with E-state index in [2.05, 4.69) is 11.9 Å². The first-order valence-electron chi connectivity index (χ1n) is 4.67. The SMILES string of the molecule is C=CCCCNC.CC.CC. The fourth-order valence-corrected chi connectivity index (χ4v) is 0.423. The fourth-order valence-electron chi connectivity index (χ4n) is 0.423. The van der Waals surface area contributed by atoms with Crippen molar-refractivity contribution in [1.82, 2.24) is 5.32 Å². The minimum Gasteiger partial charge on any atom is -0.320 e. The molecule has 0 amide bonds. The third-order valence-electron chi connectivity index (χ3n) is 0.835. The summed E-state index contributed by atoms with van der Waals surface area (Å²) in [5.41, 5.74) is 0. The second kappa shape index (κ2) is 33.2. The molecule has 0 atom stereocenters. The summed E-state index contributed by atoms with van der Waals surface area (Å²) in [7, 11) is 1.96. The van der Waals surface area contributed by atoms with Crippen LogP contribution in [0.3, 0.4) is 0 Å². The minimum atomic E-state index is 1.10. The molecule has 0 fully saturated rings. The summed E-state index contributed by atoms with van der Waals surface area (Å²) in [6.45, 7) is 12.7. The predicted octanol–water partition coefficient (Wildman–Crippen LogP) is 3.22. The fraction of sp³-hybridized carbons (Fsp3) is 0.800. The van der Waals surface area contributed by atoms with Gasteiger partial charge in [0, 0.05) is 0 Å². The third kappa shape index (κ3) is 42.0. The van der Waals surface area contributed by atoms with Gasteiger partial charge >= 0.3 is 0 Å². The van der Waals surface area contributed by atoms with E-state index in [1.165, 1.54) is 6.42 Å². The van der Waals surface area contributed by atoms with Gasteiger partial charge < -0.3 is 5.32 Å². The van der Waals surface area contributed by atoms with Crippen LogP contribution in [0.2, 0.25) is 0 Å². The van der Waals surface area contributed by atoms with Crippen LogP contribution in [0.15, 0.2) is 12.7 Å². The highest BCUT2D eigenvalue weighted by atomic mass is 14.8. The lowest BCUT2D eigenvalue weighted by molar-refractivity contribution is 0.736. The highest BCUT2D eigenvalue weighted by Crippen LogP contribution is 1.83. The average Bonchev–Trinajstić information content (AvgIpc) is 2.13. The van der Waals surface area contributed by atoms with Crippen LogP contribution < -0.4 is 5.32 Å². The first-order valence-corrected chi connectivity index (χ1v) is 4.67. The third-order valence-corrected chi connectivity index (χ3v) is 0.835. The summed E-state index contributed by atoms with van der Waals surface area (Å²) < 4.78 is 0. The Bertz CT molecular complexity index is 42.1. The number of allylic oxidation sites excluding steroid dienone is 1. The van der Waals surface area contributed by atoms with Crippen molar-refractivity contribution in [2.75, 3.05) is 13.6 Å². The summed E-state index contributed by atoms with van der Waals surface area (Å²) in [6.07, 6.45) is 4.28. The van der Waals surface area contributed by atoms with Crippen LogP contribution in [0.1, 0.15) is 40.5 Å². The Labute approximate surface area is 72.9 Å². The van der Waals surface area contributed by atoms with E-state index in [4.69, 9.17) is 0 Å². The summed E-state index contributed by atoms with van der Waals surface area (Å²) in [5.74, 6) is 0. The van der Waals surface area contributed by atoms with Gasteiger partial charge in [0.2, 0.25) is 0 Å². The number of hydrogen-bond acceptors (Lipinski definition) is 1. The second-order valence-corrected chi connectivity index (χ2v) is 1.53. The Balaban J connectivity index is -0.000000138. The van der Waals surface area contributed by atoms with Gasteiger partial charge in [-0.15, -0.1) is 6.58 Å². The molecule has 0 bridgehead atoms. The lowest BCUT2D eigenvalue weighted by Crippen LogP contribution is -2.06. The van der Waals surface area contributed by atoms with E-state index in [1.54, 1.807) is 0 Å². The topological polar surface area (TPSA) is 12.0 Å². The van der Waals surface area contributed by atoms with Gasteiger partial charge in [0.1, 0.15) is 0 Å². The second-order valence-electron chi connectivity index (χ2n) is 1.53. The van der Waals surface area contributed by atoms with Crippen molar-refractivity contribution < 1.29 is 0 Å². The average molecular weight is 159 g/mol. The molecule has 0 radical (unpaired) electrons. The standard InChI is InChI=1S/C6H13N.2C2H6/c1-3-4-5-6-7-2;2*1-2/h3,7H,1,4-6H2,2H3;2*1-2H3. The van der Waals surface area contributed by atoms with Crippen molar-refractivity contribution in [1.29, 1.82) is 0 Å². The van der Waals surface area contributed by atoms with Crippen molar-refractivity contribution in [3.8, 4) is 0 Å². The molecule has 70 valence electrons. The molecule has 1 nitrogen and oxygen atoms in total. The van der Waals surface area contributed by atoms with Crippen molar-refractivity contribution in [2.45, 2.75) is 40.5 Å². The molecule has 0 spiro atoms. The number of unbranched alkanes of at least 4 members (excludes halogenated alkanes) is 1. The van der Waals surface area contributed by atoms with E-state index >= 15 is 0 Å². The first kappa shape index (κ1) is 17.0. The minimum absolute atomic E-state index is 1.10. The highest BCUT2D eigenvalue weighted by molar-refractivity contribution is 4.65. The molecule has 0 heterocycles. The molecule has 0 aromatic heterocycles. The van der Waals surface area contributed by atoms with Crippen LogP contribution in [-0.4, -0.2) is 13.6 Å². The molecule has 11 heavy (non-hydrogen) atoms. The van der Waals surface area contributed by atoms with E-state index in [1.807, 2.05) is 40.8 Å². The number of nitrogens with one attached hydrogen (secondary N) is 1. The monoisotopic (exact) mass is 159 g/mol. The van der Waals surface area contributed by atoms with E-state index in [9.17, 15) is 0 Å². The summed E-state index contributed by atoms with van der Waals surface area (Å²) >= 11 is 0. The maximum absolute atomic E-state index is 3.60. The molecule has 0 aliphatic carbocycles. The molecule has 0 rings (SSSR count). The van der Waals surface area contributed by atoms with E-state index in [0.717, 1.165) is 13.0 Å². The molecular weight excluding hydrogens is 134 g/mol. The van der Waals surface area contributed by atoms with Crippen LogP contribution >= 0.6 is 0 Å². The van der Waals surface area contributed by atoms with Crippen LogP contribution in [0, 0.1) is 0 Å². The van der Waals surface area contributed by atoms with Crippen molar-refractivity contribution >= 4 is 0 Å². The smallest absolute Gasteiger partial charge is 0.00490 e. The molecular formula is C10H25N. The quantitative estimate of drug-likeness (QED) is 0.490. The molecule has 0 unspecified atom stereocenters. The van der Waals surface area contributed by atoms with Crippen molar-refractivity contribution in [3.63, 3.8) is 0 Å². The van der Waals surface area contributed by atoms with Crippen molar-refractivity contribution in [3.05, 3.63) is 12.7 Å². The van der Waals surface area contributed by atoms with Gasteiger partial charge in [-0.1, -0.05) is 33.8 Å². The van der Waals surface area contributed by atoms with Gasteiger partial charge in [-0.3, -0.25) is 0 Å². The molecule has 0 aliphatic heterocycles. The Morgan fingerprint density at radius 2 is 1.64 bits per heavy atom. The predicted molar refractivity (Wildman–Crippen MR) is 56.1 cm³/mol. The van der Waals surface area contributed by atoms with Crippen LogP contribution in [0.25, 0.3) is 0 Å². The zero-order chi connectivity index (χ0) is 9.54. The summed E-state index contributed by atoms with van der Waals surface area (Å²) in [6, 6.07) is 0. The molecule has 0 aliphatic rings. The number of rotatable bonds is 4. The number of hydrogen-bond donors (Lipinski definition) is 1. The molecule has 1 heteroatoms. The van der Waals surface area contributed by atoms with Crippen LogP contribution in [-0.2, 0) is 0 Å². The van der Waals surface area contributed by atoms with Crippen LogP contribution in [0.5, 0.6) is 0 Å². The Morgan fingerprint density at radius 1 is 1.18 bits per heavy atom. The van der Waals surface area contributed by atoms with Crippen LogP contribution in [0.4, 0.5) is 0 Å². The van der Waals surface area contributed by atoms with Gasteiger partial charge in [-0.2, -0.15) is 0 Å². The Kier molecular flexibility index (Phi) is 51.3. The summed E-state index contributed by atoms with van der Waals surface area (Å²) in [4.78, 5) is 0. The largest absolute Gasteiger partial charge is 0.320 e. The Morgan fingerprint density at radius 3 is 1.91 bits per heavy atom. The van der Waals surface area contributed by atoms with Gasteiger partial charge in [-0.05, 0) is 26.4 Å². The van der Waals surface area contributed by atoms with Crippen molar-refractivity contribution in [2.24, 2.45) is 0 Å². The molecule has 0 saturated carbocycles. The van der Waals surface area contributed by atoms with Gasteiger partial charge in [-0.25, -0.2) is 0 Å². The van der Waals surface area contributed by atoms with Gasteiger partial charge in [0.15, 0.2) is 0 Å². The van der Waals surface area contributed by atoms with E-state index < -0.39 is 0 Å². The first-order chi connectivity index (χ1) is 5.41. The highest BCUT2D eigenvalue weighted by Gasteiger charge is 1.75. The van der Waals surface area contributed by atoms with E-state index in [-0.39, 0.29) is 0 Å². The molecule has 0 aromatic rings. The molecule has 0 aromatic carbocycles. The molecule has 1 N–H and O–H groups in total. The maximum atomic E-state index is 3.60. The lowest BCUT2D eigenvalue weighted by Gasteiger charge is -1.90. The Hall–Kier alpha value is -0.300. The zero-order valence-electron chi connectivity index (χ0n) is 8.91. The van der Waals surface area contributed by atoms with Gasteiger partial charge in [0.25, 0.3) is 0 Å². The molecule has 0 saturated heterocycles. The maximum Gasteiger partial charge on any atom is -0.00490 e. The zero-order valence-corrected chi connectivity index (χ0v) is 8.91.